The predicted molar refractivity (Wildman–Crippen MR) is 130 cm³/mol. The summed E-state index contributed by atoms with van der Waals surface area (Å²) in [6.45, 7) is 2.13. The predicted octanol–water partition coefficient (Wildman–Crippen LogP) is 5.22. The number of carbonyl (C=O) groups excluding carboxylic acids is 2. The molecule has 1 amide bonds. The number of nitrogens with zero attached hydrogens (tertiary/aromatic N) is 2. The van der Waals surface area contributed by atoms with Gasteiger partial charge in [0.2, 0.25) is 6.79 Å². The van der Waals surface area contributed by atoms with Crippen molar-refractivity contribution in [2.24, 2.45) is 4.99 Å². The highest BCUT2D eigenvalue weighted by atomic mass is 32.2. The third-order valence-corrected chi connectivity index (χ3v) is 6.26. The van der Waals surface area contributed by atoms with Crippen LogP contribution in [0.4, 0.5) is 10.1 Å². The normalized spacial score (nSPS) is 15.7. The lowest BCUT2D eigenvalue weighted by Crippen LogP contribution is -2.30. The fraction of sp³-hybridized carbons (Fsp3) is 0.115. The van der Waals surface area contributed by atoms with Crippen molar-refractivity contribution in [3.05, 3.63) is 94.9 Å². The molecule has 0 aromatic heterocycles. The first kappa shape index (κ1) is 21.9. The zero-order valence-electron chi connectivity index (χ0n) is 18.2. The molecule has 0 atom stereocenters. The molecule has 3 aromatic rings. The maximum Gasteiger partial charge on any atom is 0.283 e. The Morgan fingerprint density at radius 1 is 1.06 bits per heavy atom. The highest BCUT2D eigenvalue weighted by molar-refractivity contribution is 8.14. The second-order valence-corrected chi connectivity index (χ2v) is 8.67. The van der Waals surface area contributed by atoms with Gasteiger partial charge in [-0.15, -0.1) is 0 Å². The Morgan fingerprint density at radius 3 is 2.56 bits per heavy atom. The summed E-state index contributed by atoms with van der Waals surface area (Å²) in [4.78, 5) is 32.0. The first-order valence-corrected chi connectivity index (χ1v) is 11.5. The van der Waals surface area contributed by atoms with Gasteiger partial charge in [-0.05, 0) is 67.1 Å². The molecular formula is C26H19FN2O4S. The van der Waals surface area contributed by atoms with Crippen molar-refractivity contribution in [2.45, 2.75) is 6.92 Å². The molecule has 34 heavy (non-hydrogen) atoms. The molecule has 170 valence electrons. The number of Topliss-reactive ketones (excluding diaryl/α,β-unsaturated/α-hetero) is 1. The van der Waals surface area contributed by atoms with Crippen molar-refractivity contribution in [3.8, 4) is 11.5 Å². The average Bonchev–Trinajstić information content (AvgIpc) is 3.43. The Bertz CT molecular complexity index is 1330. The first-order chi connectivity index (χ1) is 16.5. The highest BCUT2D eigenvalue weighted by Crippen LogP contribution is 2.34. The van der Waals surface area contributed by atoms with Gasteiger partial charge in [-0.1, -0.05) is 35.5 Å². The summed E-state index contributed by atoms with van der Waals surface area (Å²) in [7, 11) is 0. The summed E-state index contributed by atoms with van der Waals surface area (Å²) in [5.41, 5.74) is 3.11. The van der Waals surface area contributed by atoms with Gasteiger partial charge in [0.15, 0.2) is 22.4 Å². The summed E-state index contributed by atoms with van der Waals surface area (Å²) in [6, 6.07) is 18.3. The van der Waals surface area contributed by atoms with Crippen LogP contribution in [0.15, 0.2) is 77.4 Å². The Balaban J connectivity index is 1.43. The van der Waals surface area contributed by atoms with Crippen LogP contribution in [0.1, 0.15) is 21.5 Å². The number of aryl methyl sites for hydroxylation is 1. The summed E-state index contributed by atoms with van der Waals surface area (Å²) >= 11 is 1.16. The smallest absolute Gasteiger partial charge is 0.283 e. The van der Waals surface area contributed by atoms with Gasteiger partial charge in [0.1, 0.15) is 11.5 Å². The Kier molecular flexibility index (Phi) is 5.90. The van der Waals surface area contributed by atoms with E-state index in [9.17, 15) is 14.0 Å². The van der Waals surface area contributed by atoms with Crippen LogP contribution < -0.4 is 14.4 Å². The van der Waals surface area contributed by atoms with Gasteiger partial charge >= 0.3 is 0 Å². The molecule has 0 aliphatic carbocycles. The molecule has 0 saturated heterocycles. The van der Waals surface area contributed by atoms with E-state index in [-0.39, 0.29) is 29.9 Å². The summed E-state index contributed by atoms with van der Waals surface area (Å²) in [5, 5.41) is 0.399. The number of ether oxygens (including phenoxy) is 2. The number of anilines is 1. The molecule has 0 radical (unpaired) electrons. The van der Waals surface area contributed by atoms with Gasteiger partial charge < -0.3 is 9.47 Å². The molecule has 6 nitrogen and oxygen atoms in total. The molecule has 0 spiro atoms. The number of hydrogen-bond acceptors (Lipinski definition) is 6. The van der Waals surface area contributed by atoms with Crippen molar-refractivity contribution in [3.63, 3.8) is 0 Å². The third-order valence-electron chi connectivity index (χ3n) is 5.32. The van der Waals surface area contributed by atoms with Crippen LogP contribution in [-0.2, 0) is 4.79 Å². The number of benzene rings is 3. The fourth-order valence-corrected chi connectivity index (χ4v) is 4.43. The van der Waals surface area contributed by atoms with Crippen LogP contribution in [-0.4, -0.2) is 29.4 Å². The lowest BCUT2D eigenvalue weighted by atomic mass is 10.1. The summed E-state index contributed by atoms with van der Waals surface area (Å²) < 4.78 is 23.9. The molecule has 8 heteroatoms. The highest BCUT2D eigenvalue weighted by Gasteiger charge is 2.32. The van der Waals surface area contributed by atoms with Crippen molar-refractivity contribution >= 4 is 40.4 Å². The quantitative estimate of drug-likeness (QED) is 0.375. The zero-order chi connectivity index (χ0) is 23.7. The number of rotatable bonds is 5. The van der Waals surface area contributed by atoms with E-state index in [0.717, 1.165) is 22.9 Å². The van der Waals surface area contributed by atoms with E-state index in [1.807, 2.05) is 37.3 Å². The number of aliphatic imine (C=N–C) groups is 1. The van der Waals surface area contributed by atoms with Crippen molar-refractivity contribution in [1.29, 1.82) is 0 Å². The monoisotopic (exact) mass is 474 g/mol. The van der Waals surface area contributed by atoms with Crippen LogP contribution in [0.5, 0.6) is 11.5 Å². The van der Waals surface area contributed by atoms with E-state index in [1.54, 1.807) is 18.2 Å². The van der Waals surface area contributed by atoms with E-state index < -0.39 is 5.82 Å². The van der Waals surface area contributed by atoms with Gasteiger partial charge in [0, 0.05) is 5.56 Å². The lowest BCUT2D eigenvalue weighted by Gasteiger charge is -2.17. The van der Waals surface area contributed by atoms with Gasteiger partial charge in [0.25, 0.3) is 5.91 Å². The molecule has 0 bridgehead atoms. The second-order valence-electron chi connectivity index (χ2n) is 7.73. The van der Waals surface area contributed by atoms with E-state index in [0.29, 0.717) is 27.9 Å². The summed E-state index contributed by atoms with van der Waals surface area (Å²) in [5.74, 6) is 0.436. The minimum Gasteiger partial charge on any atom is -0.454 e. The number of thioether (sulfide) groups is 1. The van der Waals surface area contributed by atoms with E-state index in [4.69, 9.17) is 9.47 Å². The Hall–Kier alpha value is -3.91. The average molecular weight is 475 g/mol. The Labute approximate surface area is 199 Å². The number of ketones is 1. The van der Waals surface area contributed by atoms with Crippen molar-refractivity contribution in [2.75, 3.05) is 17.4 Å². The number of hydrogen-bond donors (Lipinski definition) is 0. The molecule has 0 N–H and O–H groups in total. The molecule has 3 aromatic carbocycles. The number of halogens is 1. The van der Waals surface area contributed by atoms with E-state index in [2.05, 4.69) is 4.99 Å². The van der Waals surface area contributed by atoms with Gasteiger partial charge in [-0.2, -0.15) is 0 Å². The minimum absolute atomic E-state index is 0.0530. The molecule has 5 rings (SSSR count). The number of amides is 1. The molecule has 0 fully saturated rings. The summed E-state index contributed by atoms with van der Waals surface area (Å²) in [6.07, 6.45) is 1.68. The van der Waals surface area contributed by atoms with Crippen molar-refractivity contribution < 1.29 is 23.5 Å². The number of amidine groups is 1. The fourth-order valence-electron chi connectivity index (χ4n) is 3.52. The van der Waals surface area contributed by atoms with Crippen LogP contribution in [0, 0.1) is 12.7 Å². The topological polar surface area (TPSA) is 68.2 Å². The molecule has 2 heterocycles. The minimum atomic E-state index is -0.404. The Morgan fingerprint density at radius 2 is 1.79 bits per heavy atom. The van der Waals surface area contributed by atoms with Crippen LogP contribution in [0.3, 0.4) is 0 Å². The molecule has 2 aliphatic heterocycles. The second kappa shape index (κ2) is 9.15. The molecule has 0 saturated carbocycles. The first-order valence-electron chi connectivity index (χ1n) is 10.5. The van der Waals surface area contributed by atoms with Crippen LogP contribution >= 0.6 is 11.8 Å². The standard InChI is InChI=1S/C26H19FN2O4S/c1-16-2-9-20(10-3-16)29-25(31)21(12-17-4-11-23-24(13-17)33-15-32-23)28-26(29)34-14-22(30)18-5-7-19(27)8-6-18/h2-13H,14-15H2,1H3/b21-12+. The lowest BCUT2D eigenvalue weighted by molar-refractivity contribution is -0.113. The van der Waals surface area contributed by atoms with Gasteiger partial charge in [0.05, 0.1) is 11.4 Å². The van der Waals surface area contributed by atoms with Gasteiger partial charge in [-0.3, -0.25) is 14.5 Å². The van der Waals surface area contributed by atoms with Gasteiger partial charge in [-0.25, -0.2) is 9.38 Å². The van der Waals surface area contributed by atoms with Crippen LogP contribution in [0.2, 0.25) is 0 Å². The maximum atomic E-state index is 13.3. The zero-order valence-corrected chi connectivity index (χ0v) is 19.0. The maximum absolute atomic E-state index is 13.3. The van der Waals surface area contributed by atoms with E-state index in [1.165, 1.54) is 29.2 Å². The third kappa shape index (κ3) is 4.45. The van der Waals surface area contributed by atoms with Crippen LogP contribution in [0.25, 0.3) is 6.08 Å². The SMILES string of the molecule is Cc1ccc(N2C(=O)/C(=C\c3ccc4c(c3)OCO4)N=C2SCC(=O)c2ccc(F)cc2)cc1. The molecule has 0 unspecified atom stereocenters. The largest absolute Gasteiger partial charge is 0.454 e. The molecule has 2 aliphatic rings. The van der Waals surface area contributed by atoms with Crippen molar-refractivity contribution in [1.82, 2.24) is 0 Å². The number of carbonyl (C=O) groups is 2. The van der Waals surface area contributed by atoms with E-state index >= 15 is 0 Å². The molecular weight excluding hydrogens is 455 g/mol. The number of fused-ring (bicyclic) bond motifs is 1.